The van der Waals surface area contributed by atoms with Crippen LogP contribution in [-0.4, -0.2) is 36.8 Å². The minimum Gasteiger partial charge on any atom is -0.392 e. The fourth-order valence-corrected chi connectivity index (χ4v) is 3.88. The van der Waals surface area contributed by atoms with Gasteiger partial charge < -0.3 is 15.7 Å². The van der Waals surface area contributed by atoms with Crippen LogP contribution >= 0.6 is 35.3 Å². The molecule has 1 heterocycles. The van der Waals surface area contributed by atoms with Gasteiger partial charge in [-0.2, -0.15) is 0 Å². The third-order valence-corrected chi connectivity index (χ3v) is 5.93. The van der Waals surface area contributed by atoms with Crippen molar-refractivity contribution in [3.05, 3.63) is 22.4 Å². The Bertz CT molecular complexity index is 494. The van der Waals surface area contributed by atoms with E-state index < -0.39 is 0 Å². The third-order valence-electron chi connectivity index (χ3n) is 4.83. The van der Waals surface area contributed by atoms with Crippen LogP contribution in [0.15, 0.2) is 22.5 Å². The van der Waals surface area contributed by atoms with Crippen molar-refractivity contribution in [2.45, 2.75) is 58.5 Å². The Morgan fingerprint density at radius 1 is 1.46 bits per heavy atom. The number of hydrogen-bond donors (Lipinski definition) is 3. The van der Waals surface area contributed by atoms with Gasteiger partial charge in [-0.1, -0.05) is 32.8 Å². The predicted octanol–water partition coefficient (Wildman–Crippen LogP) is 3.97. The zero-order valence-corrected chi connectivity index (χ0v) is 18.2. The SMILES string of the molecule is CCNC(=NCC1(C)CCCCC1O)NCC(C)c1cccs1.I. The molecule has 1 fully saturated rings. The van der Waals surface area contributed by atoms with Gasteiger partial charge in [0.15, 0.2) is 5.96 Å². The summed E-state index contributed by atoms with van der Waals surface area (Å²) in [6.45, 7) is 8.87. The van der Waals surface area contributed by atoms with Crippen LogP contribution in [0, 0.1) is 5.41 Å². The molecule has 1 aromatic rings. The van der Waals surface area contributed by atoms with E-state index in [4.69, 9.17) is 4.99 Å². The van der Waals surface area contributed by atoms with Gasteiger partial charge >= 0.3 is 0 Å². The van der Waals surface area contributed by atoms with E-state index >= 15 is 0 Å². The molecule has 0 aliphatic heterocycles. The summed E-state index contributed by atoms with van der Waals surface area (Å²) in [5.41, 5.74) is -0.0834. The molecule has 0 spiro atoms. The molecule has 0 amide bonds. The minimum atomic E-state index is -0.229. The molecular weight excluding hydrogens is 433 g/mol. The van der Waals surface area contributed by atoms with Crippen LogP contribution < -0.4 is 10.6 Å². The van der Waals surface area contributed by atoms with Gasteiger partial charge in [-0.3, -0.25) is 4.99 Å². The first-order valence-electron chi connectivity index (χ1n) is 8.79. The molecule has 6 heteroatoms. The summed E-state index contributed by atoms with van der Waals surface area (Å²) in [5.74, 6) is 1.32. The highest BCUT2D eigenvalue weighted by atomic mass is 127. The van der Waals surface area contributed by atoms with Crippen molar-refractivity contribution in [1.29, 1.82) is 0 Å². The van der Waals surface area contributed by atoms with Crippen LogP contribution in [0.4, 0.5) is 0 Å². The van der Waals surface area contributed by atoms with Crippen molar-refractivity contribution in [3.63, 3.8) is 0 Å². The van der Waals surface area contributed by atoms with Gasteiger partial charge in [0.05, 0.1) is 12.6 Å². The first kappa shape index (κ1) is 21.7. The summed E-state index contributed by atoms with van der Waals surface area (Å²) in [6, 6.07) is 4.28. The van der Waals surface area contributed by atoms with E-state index in [1.165, 1.54) is 11.3 Å². The number of aliphatic imine (C=N–C) groups is 1. The second-order valence-corrected chi connectivity index (χ2v) is 7.89. The second-order valence-electron chi connectivity index (χ2n) is 6.91. The number of thiophene rings is 1. The molecule has 0 aromatic carbocycles. The Kier molecular flexibility index (Phi) is 9.59. The molecule has 1 aliphatic rings. The summed E-state index contributed by atoms with van der Waals surface area (Å²) < 4.78 is 0. The van der Waals surface area contributed by atoms with Gasteiger partial charge in [-0.15, -0.1) is 35.3 Å². The average Bonchev–Trinajstić information content (AvgIpc) is 3.07. The van der Waals surface area contributed by atoms with E-state index in [2.05, 4.69) is 48.9 Å². The van der Waals surface area contributed by atoms with E-state index in [0.717, 1.165) is 38.3 Å². The quantitative estimate of drug-likeness (QED) is 0.339. The lowest BCUT2D eigenvalue weighted by atomic mass is 9.73. The number of nitrogens with zero attached hydrogens (tertiary/aromatic N) is 1. The Morgan fingerprint density at radius 3 is 2.88 bits per heavy atom. The van der Waals surface area contributed by atoms with Crippen LogP contribution in [0.25, 0.3) is 0 Å². The van der Waals surface area contributed by atoms with Crippen LogP contribution in [-0.2, 0) is 0 Å². The molecule has 2 rings (SSSR count). The van der Waals surface area contributed by atoms with Crippen molar-refractivity contribution in [2.24, 2.45) is 10.4 Å². The van der Waals surface area contributed by atoms with E-state index in [9.17, 15) is 5.11 Å². The highest BCUT2D eigenvalue weighted by molar-refractivity contribution is 14.0. The zero-order valence-electron chi connectivity index (χ0n) is 15.0. The van der Waals surface area contributed by atoms with Crippen molar-refractivity contribution in [1.82, 2.24) is 10.6 Å². The van der Waals surface area contributed by atoms with Crippen LogP contribution in [0.1, 0.15) is 57.2 Å². The fraction of sp³-hybridized carbons (Fsp3) is 0.722. The maximum atomic E-state index is 10.3. The molecule has 1 aromatic heterocycles. The lowest BCUT2D eigenvalue weighted by Crippen LogP contribution is -2.42. The number of aliphatic hydroxyl groups is 1. The monoisotopic (exact) mass is 465 g/mol. The molecule has 0 radical (unpaired) electrons. The molecule has 138 valence electrons. The van der Waals surface area contributed by atoms with Crippen LogP contribution in [0.2, 0.25) is 0 Å². The Labute approximate surface area is 167 Å². The van der Waals surface area contributed by atoms with Gasteiger partial charge in [0.2, 0.25) is 0 Å². The molecule has 4 nitrogen and oxygen atoms in total. The highest BCUT2D eigenvalue weighted by Gasteiger charge is 2.35. The second kappa shape index (κ2) is 10.6. The molecule has 3 N–H and O–H groups in total. The molecule has 1 saturated carbocycles. The van der Waals surface area contributed by atoms with Gasteiger partial charge in [0.25, 0.3) is 0 Å². The molecular formula is C18H32IN3OS. The van der Waals surface area contributed by atoms with Crippen molar-refractivity contribution >= 4 is 41.3 Å². The molecule has 24 heavy (non-hydrogen) atoms. The normalized spacial score (nSPS) is 25.7. The number of halogens is 1. The number of rotatable bonds is 6. The number of hydrogen-bond acceptors (Lipinski definition) is 3. The average molecular weight is 465 g/mol. The fourth-order valence-electron chi connectivity index (χ4n) is 3.09. The summed E-state index contributed by atoms with van der Waals surface area (Å²) in [5, 5.41) is 19.2. The molecule has 1 aliphatic carbocycles. The van der Waals surface area contributed by atoms with E-state index in [1.54, 1.807) is 11.3 Å². The van der Waals surface area contributed by atoms with Gasteiger partial charge in [-0.25, -0.2) is 0 Å². The number of guanidine groups is 1. The minimum absolute atomic E-state index is 0. The van der Waals surface area contributed by atoms with Crippen molar-refractivity contribution in [2.75, 3.05) is 19.6 Å². The number of aliphatic hydroxyl groups excluding tert-OH is 1. The Balaban J connectivity index is 0.00000288. The van der Waals surface area contributed by atoms with Crippen molar-refractivity contribution < 1.29 is 5.11 Å². The molecule has 0 saturated heterocycles. The summed E-state index contributed by atoms with van der Waals surface area (Å²) >= 11 is 1.80. The Hall–Kier alpha value is -0.340. The van der Waals surface area contributed by atoms with Gasteiger partial charge in [0, 0.05) is 29.3 Å². The Morgan fingerprint density at radius 2 is 2.25 bits per heavy atom. The van der Waals surface area contributed by atoms with E-state index in [0.29, 0.717) is 12.5 Å². The smallest absolute Gasteiger partial charge is 0.191 e. The first-order valence-corrected chi connectivity index (χ1v) is 9.67. The van der Waals surface area contributed by atoms with Gasteiger partial charge in [0.1, 0.15) is 0 Å². The van der Waals surface area contributed by atoms with Crippen molar-refractivity contribution in [3.8, 4) is 0 Å². The lowest BCUT2D eigenvalue weighted by molar-refractivity contribution is 0.00716. The summed E-state index contributed by atoms with van der Waals surface area (Å²) in [7, 11) is 0. The molecule has 0 bridgehead atoms. The predicted molar refractivity (Wildman–Crippen MR) is 115 cm³/mol. The molecule has 3 atom stereocenters. The topological polar surface area (TPSA) is 56.7 Å². The standard InChI is InChI=1S/C18H31N3OS.HI/c1-4-19-17(20-12-14(2)15-8-7-11-23-15)21-13-18(3)10-6-5-9-16(18)22;/h7-8,11,14,16,22H,4-6,9-10,12-13H2,1-3H3,(H2,19,20,21);1H. The van der Waals surface area contributed by atoms with E-state index in [-0.39, 0.29) is 35.5 Å². The molecule has 3 unspecified atom stereocenters. The van der Waals surface area contributed by atoms with Crippen LogP contribution in [0.5, 0.6) is 0 Å². The van der Waals surface area contributed by atoms with Gasteiger partial charge in [-0.05, 0) is 31.2 Å². The number of nitrogens with one attached hydrogen (secondary N) is 2. The summed E-state index contributed by atoms with van der Waals surface area (Å²) in [6.07, 6.45) is 4.07. The first-order chi connectivity index (χ1) is 11.0. The highest BCUT2D eigenvalue weighted by Crippen LogP contribution is 2.36. The zero-order chi connectivity index (χ0) is 16.7. The van der Waals surface area contributed by atoms with E-state index in [1.807, 2.05) is 0 Å². The summed E-state index contributed by atoms with van der Waals surface area (Å²) in [4.78, 5) is 6.14. The maximum absolute atomic E-state index is 10.3. The van der Waals surface area contributed by atoms with Crippen LogP contribution in [0.3, 0.4) is 0 Å². The maximum Gasteiger partial charge on any atom is 0.191 e. The largest absolute Gasteiger partial charge is 0.392 e. The third kappa shape index (κ3) is 6.19. The lowest BCUT2D eigenvalue weighted by Gasteiger charge is -2.37.